The van der Waals surface area contributed by atoms with Gasteiger partial charge in [-0.3, -0.25) is 5.73 Å². The smallest absolute Gasteiger partial charge is 0.293 e. The summed E-state index contributed by atoms with van der Waals surface area (Å²) < 4.78 is 42.2. The van der Waals surface area contributed by atoms with E-state index in [0.717, 1.165) is 19.3 Å². The van der Waals surface area contributed by atoms with Crippen molar-refractivity contribution in [1.82, 2.24) is 0 Å². The third-order valence-electron chi connectivity index (χ3n) is 5.24. The molecule has 1 nitrogen and oxygen atoms in total. The van der Waals surface area contributed by atoms with Crippen LogP contribution in [0, 0.1) is 11.8 Å². The maximum atomic E-state index is 14.2. The second-order valence-electron chi connectivity index (χ2n) is 7.10. The second-order valence-corrected chi connectivity index (χ2v) is 9.04. The van der Waals surface area contributed by atoms with E-state index in [2.05, 4.69) is 20.8 Å². The number of rotatable bonds is 7. The van der Waals surface area contributed by atoms with Gasteiger partial charge in [-0.05, 0) is 37.5 Å². The van der Waals surface area contributed by atoms with Gasteiger partial charge in [0.05, 0.1) is 5.16 Å². The minimum atomic E-state index is -3.34. The van der Waals surface area contributed by atoms with Gasteiger partial charge in [0.25, 0.3) is 0 Å². The van der Waals surface area contributed by atoms with Crippen LogP contribution in [0.5, 0.6) is 0 Å². The number of hydrogen-bond donors (Lipinski definition) is 1. The molecule has 20 heavy (non-hydrogen) atoms. The minimum absolute atomic E-state index is 0.00152. The van der Waals surface area contributed by atoms with Gasteiger partial charge < -0.3 is 0 Å². The lowest BCUT2D eigenvalue weighted by Gasteiger charge is -2.40. The molecular weight excluding hydrogens is 282 g/mol. The van der Waals surface area contributed by atoms with Crippen LogP contribution in [0.1, 0.15) is 59.3 Å². The monoisotopic (exact) mass is 309 g/mol. The average molecular weight is 309 g/mol. The lowest BCUT2D eigenvalue weighted by molar-refractivity contribution is -0.121. The Morgan fingerprint density at radius 1 is 1.20 bits per heavy atom. The predicted octanol–water partition coefficient (Wildman–Crippen LogP) is 4.69. The lowest BCUT2D eigenvalue weighted by atomic mass is 9.86. The second kappa shape index (κ2) is 5.43. The van der Waals surface area contributed by atoms with Crippen molar-refractivity contribution in [3.8, 4) is 0 Å². The van der Waals surface area contributed by atoms with E-state index in [1.807, 2.05) is 0 Å². The minimum Gasteiger partial charge on any atom is -0.293 e. The topological polar surface area (TPSA) is 26.0 Å². The summed E-state index contributed by atoms with van der Waals surface area (Å²) in [6, 6.07) is 0. The first-order valence-corrected chi connectivity index (χ1v) is 8.87. The summed E-state index contributed by atoms with van der Waals surface area (Å²) in [7, 11) is -0.00152. The highest BCUT2D eigenvalue weighted by molar-refractivity contribution is 7.43. The van der Waals surface area contributed by atoms with Crippen LogP contribution in [0.3, 0.4) is 0 Å². The highest BCUT2D eigenvalue weighted by Gasteiger charge is 2.81. The van der Waals surface area contributed by atoms with Crippen molar-refractivity contribution in [3.05, 3.63) is 0 Å². The molecule has 0 aromatic carbocycles. The molecule has 3 aliphatic rings. The van der Waals surface area contributed by atoms with E-state index in [1.165, 1.54) is 6.42 Å². The highest BCUT2D eigenvalue weighted by atomic mass is 31.1. The van der Waals surface area contributed by atoms with Gasteiger partial charge in [-0.1, -0.05) is 33.6 Å². The van der Waals surface area contributed by atoms with Gasteiger partial charge in [0.1, 0.15) is 0 Å². The molecule has 2 aliphatic heterocycles. The Kier molecular flexibility index (Phi) is 4.49. The van der Waals surface area contributed by atoms with E-state index in [4.69, 9.17) is 5.73 Å². The number of nitrogens with two attached hydrogens (primary N) is 1. The molecule has 0 spiro atoms. The SMILES string of the molecule is CCCC(C)CC(C)CCC12CC(P1)C(N)(F)C2(F)F. The van der Waals surface area contributed by atoms with Crippen LogP contribution in [0.4, 0.5) is 13.2 Å². The van der Waals surface area contributed by atoms with E-state index in [-0.39, 0.29) is 15.0 Å². The molecule has 0 radical (unpaired) electrons. The molecule has 1 saturated carbocycles. The van der Waals surface area contributed by atoms with Gasteiger partial charge in [-0.25, -0.2) is 13.2 Å². The van der Waals surface area contributed by atoms with E-state index < -0.39 is 22.5 Å². The van der Waals surface area contributed by atoms with E-state index in [1.54, 1.807) is 0 Å². The fourth-order valence-electron chi connectivity index (χ4n) is 3.96. The average Bonchev–Trinajstić information content (AvgIpc) is 2.49. The normalized spacial score (nSPS) is 42.5. The summed E-state index contributed by atoms with van der Waals surface area (Å²) in [6.45, 7) is 6.51. The van der Waals surface area contributed by atoms with Crippen molar-refractivity contribution in [3.63, 3.8) is 0 Å². The Morgan fingerprint density at radius 3 is 2.20 bits per heavy atom. The van der Waals surface area contributed by atoms with Crippen molar-refractivity contribution in [2.45, 2.75) is 81.8 Å². The van der Waals surface area contributed by atoms with E-state index >= 15 is 0 Å². The molecule has 1 aliphatic carbocycles. The molecule has 118 valence electrons. The van der Waals surface area contributed by atoms with Gasteiger partial charge in [0.2, 0.25) is 5.79 Å². The van der Waals surface area contributed by atoms with Crippen molar-refractivity contribution < 1.29 is 13.2 Å². The summed E-state index contributed by atoms with van der Waals surface area (Å²) in [4.78, 5) is 0. The van der Waals surface area contributed by atoms with Crippen LogP contribution < -0.4 is 5.73 Å². The number of halogens is 3. The van der Waals surface area contributed by atoms with Crippen LogP contribution >= 0.6 is 8.58 Å². The Hall–Kier alpha value is 0.180. The van der Waals surface area contributed by atoms with Crippen LogP contribution in [0.2, 0.25) is 0 Å². The first-order chi connectivity index (χ1) is 9.16. The summed E-state index contributed by atoms with van der Waals surface area (Å²) in [5.74, 6) is -5.02. The van der Waals surface area contributed by atoms with Crippen molar-refractivity contribution in [2.75, 3.05) is 0 Å². The van der Waals surface area contributed by atoms with Gasteiger partial charge >= 0.3 is 5.92 Å². The first-order valence-electron chi connectivity index (χ1n) is 7.79. The van der Waals surface area contributed by atoms with Crippen LogP contribution in [-0.4, -0.2) is 22.5 Å². The molecule has 3 fully saturated rings. The maximum absolute atomic E-state index is 14.2. The summed E-state index contributed by atoms with van der Waals surface area (Å²) in [6.07, 6.45) is 4.90. The lowest BCUT2D eigenvalue weighted by Crippen LogP contribution is -2.53. The Balaban J connectivity index is 1.86. The number of fused-ring (bicyclic) bond motifs is 1. The zero-order chi connectivity index (χ0) is 15.2. The molecule has 0 aromatic heterocycles. The largest absolute Gasteiger partial charge is 0.304 e. The Morgan fingerprint density at radius 2 is 1.75 bits per heavy atom. The van der Waals surface area contributed by atoms with Crippen LogP contribution in [0.25, 0.3) is 0 Å². The summed E-state index contributed by atoms with van der Waals surface area (Å²) >= 11 is 0. The van der Waals surface area contributed by atoms with E-state index in [9.17, 15) is 13.2 Å². The summed E-state index contributed by atoms with van der Waals surface area (Å²) in [5.41, 5.74) is 4.64. The standard InChI is InChI=1S/C15H27F3NP/c1-4-5-10(2)8-11(3)6-7-13-9-12(20-13)14(16,19)15(13,17)18/h10-12,20H,4-9,19H2,1-3H3. The molecule has 0 amide bonds. The third kappa shape index (κ3) is 2.41. The molecule has 2 N–H and O–H groups in total. The Bertz CT molecular complexity index is 353. The van der Waals surface area contributed by atoms with Gasteiger partial charge in [-0.2, -0.15) is 0 Å². The zero-order valence-corrected chi connectivity index (χ0v) is 13.7. The van der Waals surface area contributed by atoms with E-state index in [0.29, 0.717) is 18.3 Å². The zero-order valence-electron chi connectivity index (χ0n) is 12.7. The molecule has 3 rings (SSSR count). The molecule has 2 heterocycles. The van der Waals surface area contributed by atoms with Crippen molar-refractivity contribution in [1.29, 1.82) is 0 Å². The molecular formula is C15H27F3NP. The van der Waals surface area contributed by atoms with Gasteiger partial charge in [-0.15, -0.1) is 8.58 Å². The molecule has 6 unspecified atom stereocenters. The first kappa shape index (κ1) is 16.5. The van der Waals surface area contributed by atoms with Gasteiger partial charge in [0, 0.05) is 5.66 Å². The molecule has 6 atom stereocenters. The molecule has 5 heteroatoms. The van der Waals surface area contributed by atoms with Crippen molar-refractivity contribution >= 4 is 8.58 Å². The maximum Gasteiger partial charge on any atom is 0.304 e. The predicted molar refractivity (Wildman–Crippen MR) is 79.5 cm³/mol. The quantitative estimate of drug-likeness (QED) is 0.536. The molecule has 2 bridgehead atoms. The number of alkyl halides is 3. The third-order valence-corrected chi connectivity index (χ3v) is 7.54. The Labute approximate surface area is 122 Å². The number of hydrogen-bond acceptors (Lipinski definition) is 1. The fraction of sp³-hybridized carbons (Fsp3) is 1.00. The fourth-order valence-corrected chi connectivity index (χ4v) is 6.09. The van der Waals surface area contributed by atoms with Crippen molar-refractivity contribution in [2.24, 2.45) is 17.6 Å². The molecule has 0 aromatic rings. The van der Waals surface area contributed by atoms with Crippen LogP contribution in [0.15, 0.2) is 0 Å². The highest BCUT2D eigenvalue weighted by Crippen LogP contribution is 2.75. The van der Waals surface area contributed by atoms with Gasteiger partial charge in [0.15, 0.2) is 0 Å². The molecule has 2 saturated heterocycles. The summed E-state index contributed by atoms with van der Waals surface area (Å²) in [5, 5.41) is -1.12. The van der Waals surface area contributed by atoms with Crippen LogP contribution in [-0.2, 0) is 0 Å².